The minimum absolute atomic E-state index is 0.0119. The number of anilines is 1. The number of rotatable bonds is 12. The average molecular weight is 587 g/mol. The van der Waals surface area contributed by atoms with Gasteiger partial charge in [-0.25, -0.2) is 9.50 Å². The molecule has 228 valence electrons. The quantitative estimate of drug-likeness (QED) is 0.159. The number of hydrogen-bond acceptors (Lipinski definition) is 13. The standard InChI is InChI=1S/C28H38N6O8/c1-4-21(35)40-24-23(19-11-12-20-26(30)31-15-33-34(19)20)42-28(13-29,25(24)41-22(36)5-2)14-38-16-32-17(3)27(37)39-18-9-7-6-8-10-18/h11-12,15,17-18,23-25,32H,4-10,14,16H2,1-3H3,(H2,30,31,33)/t17-,23-,24-,25-,28+/m0/s1. The number of ether oxygens (including phenoxy) is 5. The van der Waals surface area contributed by atoms with Crippen molar-refractivity contribution in [2.75, 3.05) is 19.1 Å². The summed E-state index contributed by atoms with van der Waals surface area (Å²) in [5.74, 6) is -1.38. The van der Waals surface area contributed by atoms with Gasteiger partial charge in [-0.1, -0.05) is 20.3 Å². The lowest BCUT2D eigenvalue weighted by Crippen LogP contribution is -2.50. The number of nitrogen functional groups attached to an aromatic ring is 1. The molecule has 42 heavy (non-hydrogen) atoms. The van der Waals surface area contributed by atoms with E-state index >= 15 is 0 Å². The van der Waals surface area contributed by atoms with Crippen molar-refractivity contribution in [2.45, 2.75) is 102 Å². The molecule has 1 aliphatic carbocycles. The van der Waals surface area contributed by atoms with Gasteiger partial charge in [-0.15, -0.1) is 0 Å². The monoisotopic (exact) mass is 586 g/mol. The Hall–Kier alpha value is -3.80. The van der Waals surface area contributed by atoms with Crippen molar-refractivity contribution in [3.05, 3.63) is 24.2 Å². The highest BCUT2D eigenvalue weighted by Crippen LogP contribution is 2.44. The van der Waals surface area contributed by atoms with Crippen LogP contribution in [0.15, 0.2) is 18.5 Å². The predicted octanol–water partition coefficient (Wildman–Crippen LogP) is 2.12. The second-order valence-electron chi connectivity index (χ2n) is 10.4. The summed E-state index contributed by atoms with van der Waals surface area (Å²) >= 11 is 0. The highest BCUT2D eigenvalue weighted by molar-refractivity contribution is 5.75. The Balaban J connectivity index is 1.54. The summed E-state index contributed by atoms with van der Waals surface area (Å²) in [6, 6.07) is 4.76. The van der Waals surface area contributed by atoms with E-state index in [1.165, 1.54) is 10.8 Å². The van der Waals surface area contributed by atoms with Crippen molar-refractivity contribution in [1.82, 2.24) is 19.9 Å². The Morgan fingerprint density at radius 3 is 2.57 bits per heavy atom. The number of nitrogens with one attached hydrogen (secondary N) is 1. The summed E-state index contributed by atoms with van der Waals surface area (Å²) in [7, 11) is 0. The highest BCUT2D eigenvalue weighted by atomic mass is 16.7. The van der Waals surface area contributed by atoms with Crippen LogP contribution in [0.25, 0.3) is 5.52 Å². The van der Waals surface area contributed by atoms with Gasteiger partial charge in [0, 0.05) is 12.8 Å². The topological polar surface area (TPSA) is 189 Å². The molecular weight excluding hydrogens is 548 g/mol. The molecule has 14 nitrogen and oxygen atoms in total. The van der Waals surface area contributed by atoms with Gasteiger partial charge in [0.1, 0.15) is 36.2 Å². The van der Waals surface area contributed by atoms with E-state index in [1.54, 1.807) is 32.9 Å². The van der Waals surface area contributed by atoms with Gasteiger partial charge in [0.15, 0.2) is 18.0 Å². The van der Waals surface area contributed by atoms with Crippen LogP contribution in [0.4, 0.5) is 5.82 Å². The van der Waals surface area contributed by atoms with Crippen LogP contribution in [-0.4, -0.2) is 75.8 Å². The number of carbonyl (C=O) groups is 3. The summed E-state index contributed by atoms with van der Waals surface area (Å²) in [6.45, 7) is 4.37. The van der Waals surface area contributed by atoms with Crippen molar-refractivity contribution < 1.29 is 38.1 Å². The molecule has 5 atom stereocenters. The maximum atomic E-state index is 12.5. The first kappa shape index (κ1) is 31.1. The molecule has 1 saturated carbocycles. The summed E-state index contributed by atoms with van der Waals surface area (Å²) in [4.78, 5) is 41.5. The molecule has 1 saturated heterocycles. The van der Waals surface area contributed by atoms with Crippen molar-refractivity contribution in [1.29, 1.82) is 5.26 Å². The van der Waals surface area contributed by atoms with Crippen LogP contribution in [0.2, 0.25) is 0 Å². The second-order valence-corrected chi connectivity index (χ2v) is 10.4. The third kappa shape index (κ3) is 6.80. The molecule has 1 aliphatic heterocycles. The molecule has 0 amide bonds. The van der Waals surface area contributed by atoms with Crippen molar-refractivity contribution in [3.8, 4) is 6.07 Å². The first-order chi connectivity index (χ1) is 20.2. The van der Waals surface area contributed by atoms with Gasteiger partial charge in [0.2, 0.25) is 5.60 Å². The first-order valence-electron chi connectivity index (χ1n) is 14.3. The average Bonchev–Trinajstić information content (AvgIpc) is 3.56. The maximum Gasteiger partial charge on any atom is 0.323 e. The van der Waals surface area contributed by atoms with E-state index in [1.807, 2.05) is 0 Å². The smallest absolute Gasteiger partial charge is 0.323 e. The lowest BCUT2D eigenvalue weighted by Gasteiger charge is -2.29. The van der Waals surface area contributed by atoms with E-state index in [9.17, 15) is 19.6 Å². The zero-order chi connectivity index (χ0) is 30.3. The zero-order valence-corrected chi connectivity index (χ0v) is 24.1. The van der Waals surface area contributed by atoms with E-state index in [0.717, 1.165) is 32.1 Å². The van der Waals surface area contributed by atoms with Crippen LogP contribution in [0.5, 0.6) is 0 Å². The lowest BCUT2D eigenvalue weighted by molar-refractivity contribution is -0.170. The Kier molecular flexibility index (Phi) is 10.3. The van der Waals surface area contributed by atoms with Gasteiger partial charge in [-0.05, 0) is 44.7 Å². The van der Waals surface area contributed by atoms with Crippen LogP contribution < -0.4 is 11.1 Å². The molecular formula is C28H38N6O8. The molecule has 0 spiro atoms. The Labute approximate surface area is 243 Å². The fraction of sp³-hybridized carbons (Fsp3) is 0.643. The van der Waals surface area contributed by atoms with E-state index in [-0.39, 0.29) is 44.1 Å². The highest BCUT2D eigenvalue weighted by Gasteiger charge is 2.61. The van der Waals surface area contributed by atoms with Gasteiger partial charge >= 0.3 is 17.9 Å². The Bertz CT molecular complexity index is 1310. The van der Waals surface area contributed by atoms with Crippen LogP contribution in [0.1, 0.15) is 77.5 Å². The van der Waals surface area contributed by atoms with E-state index < -0.39 is 41.9 Å². The van der Waals surface area contributed by atoms with Crippen LogP contribution >= 0.6 is 0 Å². The van der Waals surface area contributed by atoms with E-state index in [4.69, 9.17) is 29.4 Å². The first-order valence-corrected chi connectivity index (χ1v) is 14.3. The minimum Gasteiger partial charge on any atom is -0.461 e. The van der Waals surface area contributed by atoms with Crippen molar-refractivity contribution in [2.24, 2.45) is 0 Å². The molecule has 2 fully saturated rings. The molecule has 0 aromatic carbocycles. The second kappa shape index (κ2) is 13.9. The number of nitriles is 1. The SMILES string of the molecule is CCC(=O)O[C@H]1[C@H](c2ccc3c(N)ncnn23)O[C@](C#N)(COCN[C@@H](C)C(=O)OC2CCCCC2)[C@H]1OC(=O)CC. The van der Waals surface area contributed by atoms with Crippen LogP contribution in [-0.2, 0) is 38.1 Å². The number of nitrogens with zero attached hydrogens (tertiary/aromatic N) is 4. The van der Waals surface area contributed by atoms with Crippen LogP contribution in [0.3, 0.4) is 0 Å². The molecule has 4 rings (SSSR count). The fourth-order valence-electron chi connectivity index (χ4n) is 5.11. The molecule has 2 aromatic rings. The summed E-state index contributed by atoms with van der Waals surface area (Å²) in [5.41, 5.74) is 5.00. The summed E-state index contributed by atoms with van der Waals surface area (Å²) in [6.07, 6.45) is 2.55. The number of fused-ring (bicyclic) bond motifs is 1. The Morgan fingerprint density at radius 2 is 1.88 bits per heavy atom. The van der Waals surface area contributed by atoms with Gasteiger partial charge in [-0.2, -0.15) is 10.4 Å². The summed E-state index contributed by atoms with van der Waals surface area (Å²) < 4.78 is 30.5. The third-order valence-corrected chi connectivity index (χ3v) is 7.49. The molecule has 0 unspecified atom stereocenters. The van der Waals surface area contributed by atoms with Crippen molar-refractivity contribution >= 4 is 29.2 Å². The normalized spacial score (nSPS) is 25.0. The fourth-order valence-corrected chi connectivity index (χ4v) is 5.11. The summed E-state index contributed by atoms with van der Waals surface area (Å²) in [5, 5.41) is 17.6. The van der Waals surface area contributed by atoms with Gasteiger partial charge in [0.25, 0.3) is 0 Å². The van der Waals surface area contributed by atoms with Gasteiger partial charge < -0.3 is 29.4 Å². The zero-order valence-electron chi connectivity index (χ0n) is 24.1. The number of hydrogen-bond donors (Lipinski definition) is 2. The largest absolute Gasteiger partial charge is 0.461 e. The predicted molar refractivity (Wildman–Crippen MR) is 146 cm³/mol. The lowest BCUT2D eigenvalue weighted by atomic mass is 9.95. The third-order valence-electron chi connectivity index (χ3n) is 7.49. The number of esters is 3. The minimum atomic E-state index is -1.87. The molecule has 0 radical (unpaired) electrons. The number of nitrogens with two attached hydrogens (primary N) is 1. The molecule has 2 aromatic heterocycles. The molecule has 2 aliphatic rings. The maximum absolute atomic E-state index is 12.5. The van der Waals surface area contributed by atoms with Gasteiger partial charge in [0.05, 0.1) is 19.0 Å². The molecule has 0 bridgehead atoms. The molecule has 14 heteroatoms. The van der Waals surface area contributed by atoms with Crippen LogP contribution in [0, 0.1) is 11.3 Å². The van der Waals surface area contributed by atoms with E-state index in [0.29, 0.717) is 11.2 Å². The van der Waals surface area contributed by atoms with Crippen molar-refractivity contribution in [3.63, 3.8) is 0 Å². The van der Waals surface area contributed by atoms with E-state index in [2.05, 4.69) is 21.5 Å². The number of aromatic nitrogens is 3. The number of carbonyl (C=O) groups excluding carboxylic acids is 3. The Morgan fingerprint density at radius 1 is 1.17 bits per heavy atom. The molecule has 3 N–H and O–H groups in total. The molecule has 3 heterocycles. The van der Waals surface area contributed by atoms with Gasteiger partial charge in [-0.3, -0.25) is 19.7 Å².